The lowest BCUT2D eigenvalue weighted by molar-refractivity contribution is -0.0301. The Kier molecular flexibility index (Phi) is 4.10. The molecule has 4 N–H and O–H groups in total. The molecule has 0 spiro atoms. The molecule has 1 saturated carbocycles. The van der Waals surface area contributed by atoms with Gasteiger partial charge in [0.15, 0.2) is 0 Å². The van der Waals surface area contributed by atoms with E-state index in [2.05, 4.69) is 20.5 Å². The van der Waals surface area contributed by atoms with Crippen LogP contribution in [0.15, 0.2) is 0 Å². The highest BCUT2D eigenvalue weighted by Crippen LogP contribution is 2.23. The van der Waals surface area contributed by atoms with Crippen molar-refractivity contribution in [1.82, 2.24) is 20.5 Å². The minimum Gasteiger partial charge on any atom is -0.376 e. The highest BCUT2D eigenvalue weighted by atomic mass is 16.5. The Morgan fingerprint density at radius 1 is 1.55 bits per heavy atom. The maximum atomic E-state index is 12.1. The molecule has 2 rings (SSSR count). The molecule has 0 aromatic carbocycles. The van der Waals surface area contributed by atoms with Crippen LogP contribution in [-0.4, -0.2) is 45.9 Å². The number of nitrogens with one attached hydrogen (secondary N) is 2. The van der Waals surface area contributed by atoms with E-state index < -0.39 is 0 Å². The SMILES string of the molecule is CCOC1CC(N)C1NC(=O)c1n[nH]c(C(C)(C)C)n1. The topological polar surface area (TPSA) is 106 Å². The van der Waals surface area contributed by atoms with E-state index in [9.17, 15) is 4.79 Å². The van der Waals surface area contributed by atoms with E-state index in [1.54, 1.807) is 0 Å². The van der Waals surface area contributed by atoms with Gasteiger partial charge in [-0.1, -0.05) is 20.8 Å². The van der Waals surface area contributed by atoms with Gasteiger partial charge in [0.2, 0.25) is 5.82 Å². The lowest BCUT2D eigenvalue weighted by atomic mass is 9.83. The summed E-state index contributed by atoms with van der Waals surface area (Å²) in [5.74, 6) is 0.507. The summed E-state index contributed by atoms with van der Waals surface area (Å²) in [4.78, 5) is 16.3. The van der Waals surface area contributed by atoms with Crippen LogP contribution < -0.4 is 11.1 Å². The van der Waals surface area contributed by atoms with Gasteiger partial charge in [0, 0.05) is 18.1 Å². The number of hydrogen-bond acceptors (Lipinski definition) is 5. The molecule has 20 heavy (non-hydrogen) atoms. The Labute approximate surface area is 118 Å². The molecule has 1 aromatic heterocycles. The van der Waals surface area contributed by atoms with Crippen LogP contribution in [0.25, 0.3) is 0 Å². The number of nitrogens with two attached hydrogens (primary N) is 1. The molecular formula is C13H23N5O2. The standard InChI is InChI=1S/C13H23N5O2/c1-5-20-8-6-7(14)9(8)15-11(19)10-16-12(18-17-10)13(2,3)4/h7-9H,5-6,14H2,1-4H3,(H,15,19)(H,16,17,18). The summed E-state index contributed by atoms with van der Waals surface area (Å²) in [5, 5.41) is 9.61. The molecule has 7 nitrogen and oxygen atoms in total. The molecular weight excluding hydrogens is 258 g/mol. The molecule has 1 fully saturated rings. The molecule has 0 aliphatic heterocycles. The first-order valence-corrected chi connectivity index (χ1v) is 6.94. The highest BCUT2D eigenvalue weighted by Gasteiger charge is 2.41. The molecule has 1 amide bonds. The predicted octanol–water partition coefficient (Wildman–Crippen LogP) is 0.337. The number of H-pyrrole nitrogens is 1. The number of aromatic nitrogens is 3. The fraction of sp³-hybridized carbons (Fsp3) is 0.769. The Hall–Kier alpha value is -1.47. The first-order chi connectivity index (χ1) is 9.32. The van der Waals surface area contributed by atoms with Crippen LogP contribution in [0.4, 0.5) is 0 Å². The fourth-order valence-electron chi connectivity index (χ4n) is 2.14. The van der Waals surface area contributed by atoms with Gasteiger partial charge in [0.1, 0.15) is 5.82 Å². The molecule has 7 heteroatoms. The van der Waals surface area contributed by atoms with Gasteiger partial charge < -0.3 is 15.8 Å². The average Bonchev–Trinajstić information content (AvgIpc) is 2.85. The second-order valence-electron chi connectivity index (χ2n) is 6.15. The number of carbonyl (C=O) groups is 1. The lowest BCUT2D eigenvalue weighted by Crippen LogP contribution is -2.64. The quantitative estimate of drug-likeness (QED) is 0.737. The monoisotopic (exact) mass is 281 g/mol. The van der Waals surface area contributed by atoms with Crippen LogP contribution in [-0.2, 0) is 10.2 Å². The molecule has 0 saturated heterocycles. The summed E-state index contributed by atoms with van der Waals surface area (Å²) in [6.07, 6.45) is 0.750. The van der Waals surface area contributed by atoms with E-state index in [1.807, 2.05) is 27.7 Å². The molecule has 3 atom stereocenters. The van der Waals surface area contributed by atoms with E-state index in [0.29, 0.717) is 12.4 Å². The number of rotatable bonds is 4. The first-order valence-electron chi connectivity index (χ1n) is 6.94. The summed E-state index contributed by atoms with van der Waals surface area (Å²) in [5.41, 5.74) is 5.73. The van der Waals surface area contributed by atoms with Crippen molar-refractivity contribution in [2.24, 2.45) is 5.73 Å². The van der Waals surface area contributed by atoms with Crippen molar-refractivity contribution in [2.75, 3.05) is 6.61 Å². The van der Waals surface area contributed by atoms with Crippen molar-refractivity contribution in [3.05, 3.63) is 11.6 Å². The Morgan fingerprint density at radius 3 is 2.75 bits per heavy atom. The molecule has 3 unspecified atom stereocenters. The molecule has 112 valence electrons. The lowest BCUT2D eigenvalue weighted by Gasteiger charge is -2.42. The van der Waals surface area contributed by atoms with Crippen molar-refractivity contribution in [2.45, 2.75) is 57.7 Å². The fourth-order valence-corrected chi connectivity index (χ4v) is 2.14. The number of carbonyl (C=O) groups excluding carboxylic acids is 1. The first kappa shape index (κ1) is 14.9. The molecule has 1 aliphatic carbocycles. The second kappa shape index (κ2) is 5.49. The Bertz CT molecular complexity index is 477. The summed E-state index contributed by atoms with van der Waals surface area (Å²) in [7, 11) is 0. The van der Waals surface area contributed by atoms with Gasteiger partial charge in [-0.05, 0) is 13.3 Å². The van der Waals surface area contributed by atoms with Gasteiger partial charge in [-0.15, -0.1) is 5.10 Å². The van der Waals surface area contributed by atoms with E-state index in [4.69, 9.17) is 10.5 Å². The smallest absolute Gasteiger partial charge is 0.291 e. The van der Waals surface area contributed by atoms with Crippen molar-refractivity contribution in [1.29, 1.82) is 0 Å². The predicted molar refractivity (Wildman–Crippen MR) is 74.3 cm³/mol. The molecule has 1 aliphatic rings. The van der Waals surface area contributed by atoms with E-state index in [0.717, 1.165) is 6.42 Å². The average molecular weight is 281 g/mol. The minimum absolute atomic E-state index is 0.0139. The van der Waals surface area contributed by atoms with Crippen LogP contribution in [0.5, 0.6) is 0 Å². The maximum Gasteiger partial charge on any atom is 0.291 e. The van der Waals surface area contributed by atoms with E-state index >= 15 is 0 Å². The van der Waals surface area contributed by atoms with Crippen LogP contribution in [0.1, 0.15) is 50.6 Å². The molecule has 0 bridgehead atoms. The van der Waals surface area contributed by atoms with Crippen molar-refractivity contribution in [3.8, 4) is 0 Å². The van der Waals surface area contributed by atoms with Crippen LogP contribution in [0.2, 0.25) is 0 Å². The number of aromatic amines is 1. The van der Waals surface area contributed by atoms with Gasteiger partial charge in [0.05, 0.1) is 12.1 Å². The van der Waals surface area contributed by atoms with Gasteiger partial charge in [-0.25, -0.2) is 4.98 Å². The van der Waals surface area contributed by atoms with Crippen LogP contribution >= 0.6 is 0 Å². The Balaban J connectivity index is 2.00. The number of hydrogen-bond donors (Lipinski definition) is 3. The van der Waals surface area contributed by atoms with Gasteiger partial charge in [0.25, 0.3) is 5.91 Å². The summed E-state index contributed by atoms with van der Waals surface area (Å²) < 4.78 is 5.51. The summed E-state index contributed by atoms with van der Waals surface area (Å²) in [6, 6.07) is -0.240. The zero-order chi connectivity index (χ0) is 14.9. The van der Waals surface area contributed by atoms with Crippen molar-refractivity contribution >= 4 is 5.91 Å². The highest BCUT2D eigenvalue weighted by molar-refractivity contribution is 5.90. The number of amides is 1. The van der Waals surface area contributed by atoms with Crippen molar-refractivity contribution in [3.63, 3.8) is 0 Å². The number of ether oxygens (including phenoxy) is 1. The Morgan fingerprint density at radius 2 is 2.25 bits per heavy atom. The largest absolute Gasteiger partial charge is 0.376 e. The number of nitrogens with zero attached hydrogens (tertiary/aromatic N) is 2. The van der Waals surface area contributed by atoms with Crippen LogP contribution in [0, 0.1) is 0 Å². The van der Waals surface area contributed by atoms with Gasteiger partial charge in [-0.3, -0.25) is 9.89 Å². The second-order valence-corrected chi connectivity index (χ2v) is 6.15. The minimum atomic E-state index is -0.318. The summed E-state index contributed by atoms with van der Waals surface area (Å²) in [6.45, 7) is 8.54. The van der Waals surface area contributed by atoms with Gasteiger partial charge >= 0.3 is 0 Å². The molecule has 1 heterocycles. The maximum absolute atomic E-state index is 12.1. The molecule has 0 radical (unpaired) electrons. The van der Waals surface area contributed by atoms with Gasteiger partial charge in [-0.2, -0.15) is 0 Å². The summed E-state index contributed by atoms with van der Waals surface area (Å²) >= 11 is 0. The van der Waals surface area contributed by atoms with E-state index in [1.165, 1.54) is 0 Å². The normalized spacial score (nSPS) is 26.1. The van der Waals surface area contributed by atoms with Crippen LogP contribution in [0.3, 0.4) is 0 Å². The van der Waals surface area contributed by atoms with E-state index in [-0.39, 0.29) is 35.3 Å². The molecule has 1 aromatic rings. The third kappa shape index (κ3) is 2.99. The third-order valence-electron chi connectivity index (χ3n) is 3.44. The zero-order valence-corrected chi connectivity index (χ0v) is 12.4. The van der Waals surface area contributed by atoms with Crippen molar-refractivity contribution < 1.29 is 9.53 Å². The third-order valence-corrected chi connectivity index (χ3v) is 3.44. The zero-order valence-electron chi connectivity index (χ0n) is 12.4.